The monoisotopic (exact) mass is 392 g/mol. The van der Waals surface area contributed by atoms with Crippen molar-refractivity contribution in [2.75, 3.05) is 33.7 Å². The molecule has 24 heavy (non-hydrogen) atoms. The van der Waals surface area contributed by atoms with Gasteiger partial charge in [-0.3, -0.25) is 4.79 Å². The van der Waals surface area contributed by atoms with Crippen LogP contribution in [0.2, 0.25) is 0 Å². The minimum Gasteiger partial charge on any atom is -0.355 e. The summed E-state index contributed by atoms with van der Waals surface area (Å²) in [6, 6.07) is 8.35. The van der Waals surface area contributed by atoms with Crippen LogP contribution in [0.25, 0.3) is 0 Å². The van der Waals surface area contributed by atoms with Crippen molar-refractivity contribution in [1.29, 1.82) is 0 Å². The van der Waals surface area contributed by atoms with Gasteiger partial charge in [0, 0.05) is 37.1 Å². The maximum atomic E-state index is 11.7. The maximum absolute atomic E-state index is 11.7. The molecule has 1 aromatic rings. The summed E-state index contributed by atoms with van der Waals surface area (Å²) in [5.74, 6) is 0.616. The van der Waals surface area contributed by atoms with Crippen LogP contribution in [0.5, 0.6) is 0 Å². The van der Waals surface area contributed by atoms with Gasteiger partial charge in [0.05, 0.1) is 0 Å². The number of carbonyl (C=O) groups excluding carboxylic acids is 1. The van der Waals surface area contributed by atoms with Gasteiger partial charge in [0.25, 0.3) is 0 Å². The zero-order valence-corrected chi connectivity index (χ0v) is 15.9. The van der Waals surface area contributed by atoms with Crippen LogP contribution in [-0.4, -0.2) is 50.5 Å². The Morgan fingerprint density at radius 3 is 2.67 bits per heavy atom. The highest BCUT2D eigenvalue weighted by molar-refractivity contribution is 9.10. The minimum atomic E-state index is -0.0263. The molecule has 1 fully saturated rings. The number of aliphatic imine (C=N–C) groups is 1. The number of nitrogens with one attached hydrogen (secondary N) is 2. The third kappa shape index (κ3) is 4.84. The molecular weight excluding hydrogens is 368 g/mol. The fourth-order valence-corrected chi connectivity index (χ4v) is 3.17. The Hall–Kier alpha value is -1.82. The molecule has 5 nitrogen and oxygen atoms in total. The number of likely N-dealkylation sites (N-methyl/N-ethyl adjacent to an activating group) is 1. The molecule has 0 aliphatic heterocycles. The predicted octanol–water partition coefficient (Wildman–Crippen LogP) is 2.29. The van der Waals surface area contributed by atoms with Crippen LogP contribution in [-0.2, 0) is 10.2 Å². The maximum Gasteiger partial charge on any atom is 0.243 e. The largest absolute Gasteiger partial charge is 0.355 e. The highest BCUT2D eigenvalue weighted by Gasteiger charge is 2.45. The molecular formula is C18H25BrN4O. The van der Waals surface area contributed by atoms with Gasteiger partial charge in [0.15, 0.2) is 5.96 Å². The lowest BCUT2D eigenvalue weighted by Crippen LogP contribution is -2.42. The molecule has 1 aromatic carbocycles. The summed E-state index contributed by atoms with van der Waals surface area (Å²) in [7, 11) is 3.46. The van der Waals surface area contributed by atoms with E-state index in [0.717, 1.165) is 23.9 Å². The van der Waals surface area contributed by atoms with Crippen molar-refractivity contribution in [2.24, 2.45) is 4.99 Å². The molecule has 0 heterocycles. The van der Waals surface area contributed by atoms with Crippen molar-refractivity contribution in [1.82, 2.24) is 15.5 Å². The number of amides is 1. The predicted molar refractivity (Wildman–Crippen MR) is 102 cm³/mol. The normalized spacial score (nSPS) is 15.5. The van der Waals surface area contributed by atoms with E-state index in [9.17, 15) is 4.79 Å². The molecule has 2 N–H and O–H groups in total. The Balaban J connectivity index is 2.02. The summed E-state index contributed by atoms with van der Waals surface area (Å²) >= 11 is 3.65. The highest BCUT2D eigenvalue weighted by atomic mass is 79.9. The smallest absolute Gasteiger partial charge is 0.243 e. The van der Waals surface area contributed by atoms with Gasteiger partial charge in [0.2, 0.25) is 5.91 Å². The summed E-state index contributed by atoms with van der Waals surface area (Å²) < 4.78 is 1.14. The quantitative estimate of drug-likeness (QED) is 0.425. The number of halogens is 1. The Kier molecular flexibility index (Phi) is 6.43. The van der Waals surface area contributed by atoms with Crippen molar-refractivity contribution >= 4 is 27.8 Å². The van der Waals surface area contributed by atoms with E-state index in [-0.39, 0.29) is 17.9 Å². The van der Waals surface area contributed by atoms with Crippen LogP contribution in [0, 0.1) is 0 Å². The molecule has 1 saturated carbocycles. The first kappa shape index (κ1) is 18.5. The van der Waals surface area contributed by atoms with E-state index in [1.54, 1.807) is 20.2 Å². The van der Waals surface area contributed by atoms with E-state index >= 15 is 0 Å². The van der Waals surface area contributed by atoms with Gasteiger partial charge < -0.3 is 15.5 Å². The van der Waals surface area contributed by atoms with Gasteiger partial charge >= 0.3 is 0 Å². The van der Waals surface area contributed by atoms with Crippen LogP contribution < -0.4 is 10.6 Å². The third-order valence-electron chi connectivity index (χ3n) is 4.18. The fourth-order valence-electron chi connectivity index (χ4n) is 2.47. The number of rotatable bonds is 7. The molecule has 0 unspecified atom stereocenters. The molecule has 130 valence electrons. The lowest BCUT2D eigenvalue weighted by atomic mass is 9.96. The Morgan fingerprint density at radius 2 is 2.08 bits per heavy atom. The molecule has 0 aromatic heterocycles. The van der Waals surface area contributed by atoms with Crippen molar-refractivity contribution in [2.45, 2.75) is 18.3 Å². The van der Waals surface area contributed by atoms with E-state index in [1.165, 1.54) is 10.5 Å². The number of carbonyl (C=O) groups is 1. The summed E-state index contributed by atoms with van der Waals surface area (Å²) in [6.07, 6.45) is 4.06. The molecule has 0 bridgehead atoms. The topological polar surface area (TPSA) is 56.7 Å². The van der Waals surface area contributed by atoms with Crippen LogP contribution in [0.4, 0.5) is 0 Å². The van der Waals surface area contributed by atoms with E-state index in [0.29, 0.717) is 12.5 Å². The molecule has 0 saturated heterocycles. The zero-order chi connectivity index (χ0) is 17.6. The summed E-state index contributed by atoms with van der Waals surface area (Å²) in [4.78, 5) is 17.7. The number of hydrogen-bond acceptors (Lipinski definition) is 2. The highest BCUT2D eigenvalue weighted by Crippen LogP contribution is 2.49. The van der Waals surface area contributed by atoms with Crippen molar-refractivity contribution in [3.05, 3.63) is 47.0 Å². The standard InChI is InChI=1S/C18H25BrN4O/c1-4-11-20-17(21-12-16(24)23(2)3)22-13-18(9-10-18)14-7-5-6-8-15(14)19/h4-8H,1,9-13H2,2-3H3,(H2,20,21,22). The number of benzene rings is 1. The van der Waals surface area contributed by atoms with Gasteiger partial charge in [-0.15, -0.1) is 6.58 Å². The van der Waals surface area contributed by atoms with E-state index in [1.807, 2.05) is 6.07 Å². The van der Waals surface area contributed by atoms with Crippen LogP contribution in [0.3, 0.4) is 0 Å². The average Bonchev–Trinajstić information content (AvgIpc) is 3.35. The Morgan fingerprint density at radius 1 is 1.38 bits per heavy atom. The number of hydrogen-bond donors (Lipinski definition) is 2. The number of nitrogens with zero attached hydrogens (tertiary/aromatic N) is 2. The molecule has 2 rings (SSSR count). The average molecular weight is 393 g/mol. The van der Waals surface area contributed by atoms with E-state index in [4.69, 9.17) is 0 Å². The van der Waals surface area contributed by atoms with Crippen LogP contribution in [0.15, 0.2) is 46.4 Å². The number of guanidine groups is 1. The fraction of sp³-hybridized carbons (Fsp3) is 0.444. The van der Waals surface area contributed by atoms with Gasteiger partial charge in [-0.2, -0.15) is 0 Å². The summed E-state index contributed by atoms with van der Waals surface area (Å²) in [5, 5.41) is 6.55. The van der Waals surface area contributed by atoms with Crippen molar-refractivity contribution < 1.29 is 4.79 Å². The second-order valence-electron chi connectivity index (χ2n) is 6.24. The second kappa shape index (κ2) is 8.33. The van der Waals surface area contributed by atoms with Gasteiger partial charge in [-0.05, 0) is 24.5 Å². The van der Waals surface area contributed by atoms with Gasteiger partial charge in [-0.25, -0.2) is 4.99 Å². The van der Waals surface area contributed by atoms with Crippen molar-refractivity contribution in [3.63, 3.8) is 0 Å². The first-order valence-electron chi connectivity index (χ1n) is 8.07. The summed E-state index contributed by atoms with van der Waals surface area (Å²) in [5.41, 5.74) is 1.47. The lowest BCUT2D eigenvalue weighted by Gasteiger charge is -2.20. The molecule has 1 aliphatic rings. The van der Waals surface area contributed by atoms with Gasteiger partial charge in [-0.1, -0.05) is 40.2 Å². The lowest BCUT2D eigenvalue weighted by molar-refractivity contribution is -0.127. The minimum absolute atomic E-state index is 0.0263. The molecule has 6 heteroatoms. The van der Waals surface area contributed by atoms with E-state index in [2.05, 4.69) is 56.3 Å². The second-order valence-corrected chi connectivity index (χ2v) is 7.09. The molecule has 1 amide bonds. The summed E-state index contributed by atoms with van der Waals surface area (Å²) in [6.45, 7) is 5.22. The molecule has 0 radical (unpaired) electrons. The van der Waals surface area contributed by atoms with E-state index < -0.39 is 0 Å². The third-order valence-corrected chi connectivity index (χ3v) is 4.87. The molecule has 0 spiro atoms. The van der Waals surface area contributed by atoms with Crippen LogP contribution >= 0.6 is 15.9 Å². The van der Waals surface area contributed by atoms with Gasteiger partial charge in [0.1, 0.15) is 6.54 Å². The first-order valence-corrected chi connectivity index (χ1v) is 8.86. The molecule has 0 atom stereocenters. The van der Waals surface area contributed by atoms with Crippen LogP contribution in [0.1, 0.15) is 18.4 Å². The zero-order valence-electron chi connectivity index (χ0n) is 14.3. The molecule has 1 aliphatic carbocycles. The SMILES string of the molecule is C=CCNC(=NCC(=O)N(C)C)NCC1(c2ccccc2Br)CC1. The Labute approximate surface area is 152 Å². The first-order chi connectivity index (χ1) is 11.5. The van der Waals surface area contributed by atoms with Crippen molar-refractivity contribution in [3.8, 4) is 0 Å². The Bertz CT molecular complexity index is 623.